The molecule has 0 saturated heterocycles. The molecule has 0 atom stereocenters. The Hall–Kier alpha value is -1.03. The number of anilines is 1. The van der Waals surface area contributed by atoms with Crippen molar-refractivity contribution >= 4 is 27.6 Å². The summed E-state index contributed by atoms with van der Waals surface area (Å²) in [6.07, 6.45) is 4.74. The molecule has 1 fully saturated rings. The molecule has 0 amide bonds. The molecular formula is C15H20BrNO2. The first-order valence-electron chi connectivity index (χ1n) is 6.74. The van der Waals surface area contributed by atoms with E-state index in [4.69, 9.17) is 0 Å². The lowest BCUT2D eigenvalue weighted by Gasteiger charge is -2.35. The molecule has 1 aromatic rings. The largest absolute Gasteiger partial charge is 0.478 e. The molecule has 0 unspecified atom stereocenters. The summed E-state index contributed by atoms with van der Waals surface area (Å²) in [5.41, 5.74) is 1.19. The van der Waals surface area contributed by atoms with Gasteiger partial charge in [-0.15, -0.1) is 0 Å². The van der Waals surface area contributed by atoms with Crippen LogP contribution in [0.1, 0.15) is 43.0 Å². The van der Waals surface area contributed by atoms with Crippen LogP contribution < -0.4 is 4.90 Å². The fourth-order valence-electron chi connectivity index (χ4n) is 2.80. The van der Waals surface area contributed by atoms with E-state index >= 15 is 0 Å². The standard InChI is InChI=1S/C15H20BrNO2/c1-10-3-6-12(7-4-10)17(2)14-9-11(16)5-8-13(14)15(18)19/h5,8-10,12H,3-4,6-7H2,1-2H3,(H,18,19). The van der Waals surface area contributed by atoms with Gasteiger partial charge in [-0.3, -0.25) is 0 Å². The maximum atomic E-state index is 11.3. The molecule has 0 radical (unpaired) electrons. The smallest absolute Gasteiger partial charge is 0.337 e. The Morgan fingerprint density at radius 3 is 2.53 bits per heavy atom. The third kappa shape index (κ3) is 3.30. The summed E-state index contributed by atoms with van der Waals surface area (Å²) >= 11 is 3.43. The second kappa shape index (κ2) is 5.95. The van der Waals surface area contributed by atoms with E-state index in [2.05, 4.69) is 27.8 Å². The number of benzene rings is 1. The van der Waals surface area contributed by atoms with Crippen molar-refractivity contribution in [1.29, 1.82) is 0 Å². The van der Waals surface area contributed by atoms with Crippen LogP contribution in [-0.4, -0.2) is 24.2 Å². The van der Waals surface area contributed by atoms with Crippen molar-refractivity contribution in [2.45, 2.75) is 38.6 Å². The zero-order valence-electron chi connectivity index (χ0n) is 11.4. The molecule has 3 nitrogen and oxygen atoms in total. The predicted octanol–water partition coefficient (Wildman–Crippen LogP) is 4.16. The van der Waals surface area contributed by atoms with Crippen molar-refractivity contribution in [1.82, 2.24) is 0 Å². The van der Waals surface area contributed by atoms with E-state index in [9.17, 15) is 9.90 Å². The Morgan fingerprint density at radius 1 is 1.32 bits per heavy atom. The number of carbonyl (C=O) groups is 1. The molecule has 0 aliphatic heterocycles. The van der Waals surface area contributed by atoms with E-state index in [0.717, 1.165) is 28.9 Å². The topological polar surface area (TPSA) is 40.5 Å². The van der Waals surface area contributed by atoms with Gasteiger partial charge in [-0.1, -0.05) is 22.9 Å². The number of halogens is 1. The molecule has 0 aromatic heterocycles. The Balaban J connectivity index is 2.25. The van der Waals surface area contributed by atoms with Crippen molar-refractivity contribution < 1.29 is 9.90 Å². The van der Waals surface area contributed by atoms with Gasteiger partial charge in [-0.05, 0) is 49.8 Å². The third-order valence-corrected chi connectivity index (χ3v) is 4.60. The molecular weight excluding hydrogens is 306 g/mol. The highest BCUT2D eigenvalue weighted by molar-refractivity contribution is 9.10. The number of aromatic carboxylic acids is 1. The normalized spacial score (nSPS) is 23.1. The third-order valence-electron chi connectivity index (χ3n) is 4.10. The second-order valence-corrected chi connectivity index (χ2v) is 6.41. The number of rotatable bonds is 3. The highest BCUT2D eigenvalue weighted by Crippen LogP contribution is 2.32. The van der Waals surface area contributed by atoms with Crippen LogP contribution in [0.4, 0.5) is 5.69 Å². The van der Waals surface area contributed by atoms with Crippen LogP contribution in [0, 0.1) is 5.92 Å². The first kappa shape index (κ1) is 14.4. The average Bonchev–Trinajstić information content (AvgIpc) is 2.38. The minimum Gasteiger partial charge on any atom is -0.478 e. The summed E-state index contributed by atoms with van der Waals surface area (Å²) in [5.74, 6) is -0.0652. The number of nitrogens with zero attached hydrogens (tertiary/aromatic N) is 1. The van der Waals surface area contributed by atoms with Crippen LogP contribution >= 0.6 is 15.9 Å². The van der Waals surface area contributed by atoms with Crippen LogP contribution in [0.25, 0.3) is 0 Å². The minimum atomic E-state index is -0.862. The first-order chi connectivity index (χ1) is 8.99. The molecule has 4 heteroatoms. The van der Waals surface area contributed by atoms with Gasteiger partial charge in [0, 0.05) is 17.6 Å². The number of hydrogen-bond acceptors (Lipinski definition) is 2. The SMILES string of the molecule is CC1CCC(N(C)c2cc(Br)ccc2C(=O)O)CC1. The van der Waals surface area contributed by atoms with Crippen LogP contribution in [0.15, 0.2) is 22.7 Å². The lowest BCUT2D eigenvalue weighted by molar-refractivity contribution is 0.0697. The number of carboxylic acid groups (broad SMARTS) is 1. The molecule has 1 aromatic carbocycles. The van der Waals surface area contributed by atoms with Gasteiger partial charge in [0.15, 0.2) is 0 Å². The molecule has 1 saturated carbocycles. The molecule has 0 heterocycles. The minimum absolute atomic E-state index is 0.379. The highest BCUT2D eigenvalue weighted by Gasteiger charge is 2.24. The highest BCUT2D eigenvalue weighted by atomic mass is 79.9. The summed E-state index contributed by atoms with van der Waals surface area (Å²) in [4.78, 5) is 13.5. The molecule has 0 spiro atoms. The Morgan fingerprint density at radius 2 is 1.95 bits per heavy atom. The van der Waals surface area contributed by atoms with Gasteiger partial charge in [0.2, 0.25) is 0 Å². The molecule has 1 N–H and O–H groups in total. The quantitative estimate of drug-likeness (QED) is 0.907. The lowest BCUT2D eigenvalue weighted by Crippen LogP contribution is -2.35. The maximum absolute atomic E-state index is 11.3. The summed E-state index contributed by atoms with van der Waals surface area (Å²) in [6.45, 7) is 2.29. The van der Waals surface area contributed by atoms with Crippen LogP contribution in [-0.2, 0) is 0 Å². The van der Waals surface area contributed by atoms with Gasteiger partial charge in [-0.2, -0.15) is 0 Å². The molecule has 1 aliphatic rings. The lowest BCUT2D eigenvalue weighted by atomic mass is 9.86. The molecule has 19 heavy (non-hydrogen) atoms. The van der Waals surface area contributed by atoms with Gasteiger partial charge >= 0.3 is 5.97 Å². The fourth-order valence-corrected chi connectivity index (χ4v) is 3.15. The molecule has 2 rings (SSSR count). The van der Waals surface area contributed by atoms with Crippen molar-refractivity contribution in [3.63, 3.8) is 0 Å². The Bertz CT molecular complexity index is 467. The first-order valence-corrected chi connectivity index (χ1v) is 7.54. The Labute approximate surface area is 122 Å². The van der Waals surface area contributed by atoms with E-state index in [1.165, 1.54) is 12.8 Å². The van der Waals surface area contributed by atoms with Gasteiger partial charge in [0.1, 0.15) is 0 Å². The Kier molecular flexibility index (Phi) is 4.50. The van der Waals surface area contributed by atoms with Gasteiger partial charge in [-0.25, -0.2) is 4.79 Å². The monoisotopic (exact) mass is 325 g/mol. The average molecular weight is 326 g/mol. The molecule has 0 bridgehead atoms. The zero-order valence-corrected chi connectivity index (χ0v) is 13.0. The summed E-state index contributed by atoms with van der Waals surface area (Å²) in [6, 6.07) is 5.80. The second-order valence-electron chi connectivity index (χ2n) is 5.49. The number of hydrogen-bond donors (Lipinski definition) is 1. The predicted molar refractivity (Wildman–Crippen MR) is 80.9 cm³/mol. The fraction of sp³-hybridized carbons (Fsp3) is 0.533. The van der Waals surface area contributed by atoms with Crippen LogP contribution in [0.3, 0.4) is 0 Å². The molecule has 104 valence electrons. The van der Waals surface area contributed by atoms with Crippen LogP contribution in [0.2, 0.25) is 0 Å². The van der Waals surface area contributed by atoms with Crippen molar-refractivity contribution in [3.05, 3.63) is 28.2 Å². The van der Waals surface area contributed by atoms with Crippen LogP contribution in [0.5, 0.6) is 0 Å². The van der Waals surface area contributed by atoms with Crippen molar-refractivity contribution in [3.8, 4) is 0 Å². The number of carboxylic acids is 1. The summed E-state index contributed by atoms with van der Waals surface area (Å²) in [5, 5.41) is 9.30. The van der Waals surface area contributed by atoms with E-state index < -0.39 is 5.97 Å². The summed E-state index contributed by atoms with van der Waals surface area (Å²) in [7, 11) is 2.01. The zero-order chi connectivity index (χ0) is 14.0. The van der Waals surface area contributed by atoms with Gasteiger partial charge in [0.25, 0.3) is 0 Å². The van der Waals surface area contributed by atoms with Crippen molar-refractivity contribution in [2.24, 2.45) is 5.92 Å². The van der Waals surface area contributed by atoms with Crippen molar-refractivity contribution in [2.75, 3.05) is 11.9 Å². The van der Waals surface area contributed by atoms with E-state index in [0.29, 0.717) is 11.6 Å². The van der Waals surface area contributed by atoms with E-state index in [-0.39, 0.29) is 0 Å². The van der Waals surface area contributed by atoms with Gasteiger partial charge < -0.3 is 10.0 Å². The summed E-state index contributed by atoms with van der Waals surface area (Å²) < 4.78 is 0.920. The van der Waals surface area contributed by atoms with E-state index in [1.807, 2.05) is 13.1 Å². The van der Waals surface area contributed by atoms with E-state index in [1.54, 1.807) is 12.1 Å². The van der Waals surface area contributed by atoms with Gasteiger partial charge in [0.05, 0.1) is 11.3 Å². The molecule has 1 aliphatic carbocycles. The maximum Gasteiger partial charge on any atom is 0.337 e.